The highest BCUT2D eigenvalue weighted by Gasteiger charge is 2.58. The summed E-state index contributed by atoms with van der Waals surface area (Å²) in [6, 6.07) is 8.56. The molecule has 0 aliphatic rings. The van der Waals surface area contributed by atoms with Gasteiger partial charge in [0.25, 0.3) is 0 Å². The van der Waals surface area contributed by atoms with E-state index < -0.39 is 23.0 Å². The standard InChI is InChI=1S/C16H13F5S/c1-2-11-3-5-12(6-4-11)15(17,18)16(19,20)13-7-9-14(22-21)10-8-13/h3-10H,2H2,1H3. The van der Waals surface area contributed by atoms with E-state index in [0.717, 1.165) is 42.0 Å². The normalized spacial score (nSPS) is 12.5. The molecule has 118 valence electrons. The Kier molecular flexibility index (Phi) is 4.80. The summed E-state index contributed by atoms with van der Waals surface area (Å²) < 4.78 is 69.1. The van der Waals surface area contributed by atoms with Gasteiger partial charge in [-0.1, -0.05) is 43.3 Å². The lowest BCUT2D eigenvalue weighted by Gasteiger charge is -2.27. The van der Waals surface area contributed by atoms with Crippen molar-refractivity contribution < 1.29 is 21.4 Å². The summed E-state index contributed by atoms with van der Waals surface area (Å²) in [4.78, 5) is 0.0789. The molecule has 2 aromatic carbocycles. The third-order valence-electron chi connectivity index (χ3n) is 3.43. The first-order valence-electron chi connectivity index (χ1n) is 6.57. The lowest BCUT2D eigenvalue weighted by molar-refractivity contribution is -0.223. The third kappa shape index (κ3) is 2.97. The zero-order valence-corrected chi connectivity index (χ0v) is 12.4. The minimum absolute atomic E-state index is 0.0789. The molecular weight excluding hydrogens is 319 g/mol. The van der Waals surface area contributed by atoms with Crippen molar-refractivity contribution >= 4 is 12.1 Å². The van der Waals surface area contributed by atoms with E-state index in [9.17, 15) is 21.4 Å². The summed E-state index contributed by atoms with van der Waals surface area (Å²) in [5.74, 6) is -8.75. The molecule has 0 spiro atoms. The summed E-state index contributed by atoms with van der Waals surface area (Å²) >= 11 is -0.136. The molecule has 2 aromatic rings. The van der Waals surface area contributed by atoms with Crippen LogP contribution in [0.25, 0.3) is 0 Å². The number of hydrogen-bond acceptors (Lipinski definition) is 1. The van der Waals surface area contributed by atoms with E-state index in [-0.39, 0.29) is 17.0 Å². The van der Waals surface area contributed by atoms with Gasteiger partial charge in [0.15, 0.2) is 0 Å². The van der Waals surface area contributed by atoms with Gasteiger partial charge in [0.1, 0.15) is 0 Å². The van der Waals surface area contributed by atoms with Gasteiger partial charge in [-0.25, -0.2) is 0 Å². The van der Waals surface area contributed by atoms with E-state index in [0.29, 0.717) is 6.42 Å². The molecule has 0 aliphatic carbocycles. The number of aryl methyl sites for hydroxylation is 1. The Labute approximate surface area is 129 Å². The Morgan fingerprint density at radius 2 is 1.18 bits per heavy atom. The molecule has 22 heavy (non-hydrogen) atoms. The molecule has 0 unspecified atom stereocenters. The van der Waals surface area contributed by atoms with Gasteiger partial charge < -0.3 is 0 Å². The average molecular weight is 332 g/mol. The maximum absolute atomic E-state index is 14.2. The van der Waals surface area contributed by atoms with Crippen molar-refractivity contribution in [3.05, 3.63) is 65.2 Å². The van der Waals surface area contributed by atoms with E-state index in [1.165, 1.54) is 12.1 Å². The highest BCUT2D eigenvalue weighted by Crippen LogP contribution is 2.49. The third-order valence-corrected chi connectivity index (χ3v) is 3.88. The summed E-state index contributed by atoms with van der Waals surface area (Å²) in [5.41, 5.74) is -0.819. The number of rotatable bonds is 5. The van der Waals surface area contributed by atoms with E-state index in [1.54, 1.807) is 0 Å². The van der Waals surface area contributed by atoms with E-state index >= 15 is 0 Å². The van der Waals surface area contributed by atoms with Gasteiger partial charge >= 0.3 is 11.8 Å². The van der Waals surface area contributed by atoms with Crippen LogP contribution in [-0.2, 0) is 18.3 Å². The Morgan fingerprint density at radius 3 is 1.55 bits per heavy atom. The summed E-state index contributed by atoms with van der Waals surface area (Å²) in [5, 5.41) is 0. The Hall–Kier alpha value is -1.56. The van der Waals surface area contributed by atoms with Crippen molar-refractivity contribution in [3.63, 3.8) is 0 Å². The molecule has 0 fully saturated rings. The van der Waals surface area contributed by atoms with Crippen LogP contribution in [0.5, 0.6) is 0 Å². The highest BCUT2D eigenvalue weighted by atomic mass is 32.2. The van der Waals surface area contributed by atoms with Gasteiger partial charge in [0, 0.05) is 16.0 Å². The maximum Gasteiger partial charge on any atom is 0.339 e. The van der Waals surface area contributed by atoms with Crippen LogP contribution in [0.1, 0.15) is 23.6 Å². The van der Waals surface area contributed by atoms with Gasteiger partial charge in [-0.3, -0.25) is 0 Å². The van der Waals surface area contributed by atoms with Crippen LogP contribution in [0.4, 0.5) is 21.4 Å². The fourth-order valence-corrected chi connectivity index (χ4v) is 2.27. The predicted molar refractivity (Wildman–Crippen MR) is 77.0 cm³/mol. The van der Waals surface area contributed by atoms with Crippen LogP contribution in [0.15, 0.2) is 53.4 Å². The van der Waals surface area contributed by atoms with Crippen molar-refractivity contribution in [3.8, 4) is 0 Å². The highest BCUT2D eigenvalue weighted by molar-refractivity contribution is 7.94. The molecule has 0 atom stereocenters. The molecule has 0 bridgehead atoms. The monoisotopic (exact) mass is 332 g/mol. The second-order valence-corrected chi connectivity index (χ2v) is 5.43. The molecule has 0 saturated carbocycles. The molecule has 0 N–H and O–H groups in total. The second kappa shape index (κ2) is 6.28. The topological polar surface area (TPSA) is 0 Å². The van der Waals surface area contributed by atoms with Crippen molar-refractivity contribution in [1.82, 2.24) is 0 Å². The molecule has 0 saturated heterocycles. The lowest BCUT2D eigenvalue weighted by atomic mass is 9.95. The van der Waals surface area contributed by atoms with Crippen LogP contribution in [0.2, 0.25) is 0 Å². The number of halogens is 5. The molecular formula is C16H13F5S. The van der Waals surface area contributed by atoms with Crippen LogP contribution in [-0.4, -0.2) is 0 Å². The van der Waals surface area contributed by atoms with Gasteiger partial charge in [-0.15, -0.1) is 0 Å². The Bertz CT molecular complexity index is 562. The van der Waals surface area contributed by atoms with Crippen molar-refractivity contribution in [2.24, 2.45) is 0 Å². The maximum atomic E-state index is 14.2. The zero-order chi connectivity index (χ0) is 16.4. The smallest absolute Gasteiger partial charge is 0.194 e. The van der Waals surface area contributed by atoms with Gasteiger partial charge in [0.05, 0.1) is 12.1 Å². The van der Waals surface area contributed by atoms with Gasteiger partial charge in [-0.05, 0) is 24.1 Å². The van der Waals surface area contributed by atoms with Crippen molar-refractivity contribution in [1.29, 1.82) is 0 Å². The minimum Gasteiger partial charge on any atom is -0.194 e. The number of hydrogen-bond donors (Lipinski definition) is 0. The van der Waals surface area contributed by atoms with Crippen LogP contribution in [0, 0.1) is 0 Å². The summed E-state index contributed by atoms with van der Waals surface area (Å²) in [7, 11) is 0. The predicted octanol–water partition coefficient (Wildman–Crippen LogP) is 6.11. The molecule has 0 amide bonds. The molecule has 0 aliphatic heterocycles. The largest absolute Gasteiger partial charge is 0.339 e. The SMILES string of the molecule is CCc1ccc(C(F)(F)C(F)(F)c2ccc(SF)cc2)cc1. The first kappa shape index (κ1) is 16.8. The Morgan fingerprint density at radius 1 is 0.773 bits per heavy atom. The van der Waals surface area contributed by atoms with Crippen molar-refractivity contribution in [2.45, 2.75) is 30.1 Å². The zero-order valence-electron chi connectivity index (χ0n) is 11.6. The van der Waals surface area contributed by atoms with Gasteiger partial charge in [-0.2, -0.15) is 21.4 Å². The molecule has 0 radical (unpaired) electrons. The number of alkyl halides is 4. The summed E-state index contributed by atoms with van der Waals surface area (Å²) in [6.45, 7) is 1.84. The molecule has 6 heteroatoms. The van der Waals surface area contributed by atoms with E-state index in [2.05, 4.69) is 0 Å². The summed E-state index contributed by atoms with van der Waals surface area (Å²) in [6.07, 6.45) is 0.630. The molecule has 2 rings (SSSR count). The quantitative estimate of drug-likeness (QED) is 0.595. The van der Waals surface area contributed by atoms with Crippen LogP contribution in [0.3, 0.4) is 0 Å². The van der Waals surface area contributed by atoms with Crippen molar-refractivity contribution in [2.75, 3.05) is 0 Å². The fourth-order valence-electron chi connectivity index (χ4n) is 2.03. The fraction of sp³-hybridized carbons (Fsp3) is 0.250. The van der Waals surface area contributed by atoms with Crippen LogP contribution < -0.4 is 0 Å². The number of benzene rings is 2. The molecule has 0 aromatic heterocycles. The molecule has 0 heterocycles. The Balaban J connectivity index is 2.39. The van der Waals surface area contributed by atoms with Crippen LogP contribution >= 0.6 is 12.1 Å². The van der Waals surface area contributed by atoms with Gasteiger partial charge in [0.2, 0.25) is 0 Å². The first-order chi connectivity index (χ1) is 10.3. The minimum atomic E-state index is -4.39. The van der Waals surface area contributed by atoms with E-state index in [1.807, 2.05) is 6.92 Å². The molecule has 0 nitrogen and oxygen atoms in total. The second-order valence-electron chi connectivity index (χ2n) is 4.80. The lowest BCUT2D eigenvalue weighted by Crippen LogP contribution is -2.35. The van der Waals surface area contributed by atoms with E-state index in [4.69, 9.17) is 0 Å². The first-order valence-corrected chi connectivity index (χ1v) is 7.28. The average Bonchev–Trinajstić information content (AvgIpc) is 2.54.